The van der Waals surface area contributed by atoms with Gasteiger partial charge in [0.2, 0.25) is 0 Å². The van der Waals surface area contributed by atoms with E-state index in [1.165, 1.54) is 0 Å². The van der Waals surface area contributed by atoms with Gasteiger partial charge in [-0.2, -0.15) is 0 Å². The summed E-state index contributed by atoms with van der Waals surface area (Å²) >= 11 is 0. The van der Waals surface area contributed by atoms with E-state index in [-0.39, 0.29) is 0 Å². The smallest absolute Gasteiger partial charge is 0.125 e. The van der Waals surface area contributed by atoms with Gasteiger partial charge in [0.05, 0.1) is 7.11 Å². The summed E-state index contributed by atoms with van der Waals surface area (Å²) in [4.78, 5) is 0. The van der Waals surface area contributed by atoms with Gasteiger partial charge < -0.3 is 15.2 Å². The Bertz CT molecular complexity index is 579. The first-order valence-corrected chi connectivity index (χ1v) is 6.23. The molecule has 0 aliphatic carbocycles. The molecule has 0 fully saturated rings. The van der Waals surface area contributed by atoms with Crippen molar-refractivity contribution in [3.8, 4) is 11.5 Å². The lowest BCUT2D eigenvalue weighted by Gasteiger charge is -2.13. The first kappa shape index (κ1) is 13.3. The number of para-hydroxylation sites is 1. The largest absolute Gasteiger partial charge is 0.496 e. The first-order valence-electron chi connectivity index (χ1n) is 6.23. The Morgan fingerprint density at radius 2 is 1.74 bits per heavy atom. The third-order valence-electron chi connectivity index (χ3n) is 3.14. The molecule has 3 heteroatoms. The van der Waals surface area contributed by atoms with Crippen LogP contribution in [-0.4, -0.2) is 7.11 Å². The van der Waals surface area contributed by atoms with E-state index in [0.29, 0.717) is 6.61 Å². The Kier molecular flexibility index (Phi) is 3.95. The number of rotatable bonds is 4. The van der Waals surface area contributed by atoms with Crippen molar-refractivity contribution in [1.82, 2.24) is 0 Å². The number of benzene rings is 2. The molecule has 19 heavy (non-hydrogen) atoms. The standard InChI is InChI=1S/C16H19NO2/c1-11-8-12(2)16(9-14(11)17)19-10-13-6-4-5-7-15(13)18-3/h4-9H,10,17H2,1-3H3. The number of anilines is 1. The maximum atomic E-state index is 5.91. The topological polar surface area (TPSA) is 44.5 Å². The van der Waals surface area contributed by atoms with Crippen LogP contribution in [0.2, 0.25) is 0 Å². The second-order valence-electron chi connectivity index (χ2n) is 4.57. The van der Waals surface area contributed by atoms with E-state index < -0.39 is 0 Å². The molecule has 0 saturated carbocycles. The van der Waals surface area contributed by atoms with Crippen LogP contribution >= 0.6 is 0 Å². The minimum atomic E-state index is 0.466. The summed E-state index contributed by atoms with van der Waals surface area (Å²) in [6.45, 7) is 4.48. The average Bonchev–Trinajstić information content (AvgIpc) is 2.41. The van der Waals surface area contributed by atoms with Crippen molar-refractivity contribution in [2.75, 3.05) is 12.8 Å². The number of nitrogen functional groups attached to an aromatic ring is 1. The van der Waals surface area contributed by atoms with Gasteiger partial charge in [0.1, 0.15) is 18.1 Å². The number of methoxy groups -OCH3 is 1. The van der Waals surface area contributed by atoms with Gasteiger partial charge >= 0.3 is 0 Å². The van der Waals surface area contributed by atoms with Gasteiger partial charge in [-0.3, -0.25) is 0 Å². The number of nitrogens with two attached hydrogens (primary N) is 1. The van der Waals surface area contributed by atoms with Crippen LogP contribution in [0.1, 0.15) is 16.7 Å². The van der Waals surface area contributed by atoms with Crippen molar-refractivity contribution < 1.29 is 9.47 Å². The van der Waals surface area contributed by atoms with E-state index >= 15 is 0 Å². The van der Waals surface area contributed by atoms with E-state index in [2.05, 4.69) is 0 Å². The normalized spacial score (nSPS) is 10.3. The zero-order valence-electron chi connectivity index (χ0n) is 11.6. The number of hydrogen-bond donors (Lipinski definition) is 1. The molecule has 0 radical (unpaired) electrons. The lowest BCUT2D eigenvalue weighted by Crippen LogP contribution is -2.01. The molecule has 2 rings (SSSR count). The molecule has 0 spiro atoms. The highest BCUT2D eigenvalue weighted by atomic mass is 16.5. The SMILES string of the molecule is COc1ccccc1COc1cc(N)c(C)cc1C. The Morgan fingerprint density at radius 3 is 2.47 bits per heavy atom. The monoisotopic (exact) mass is 257 g/mol. The van der Waals surface area contributed by atoms with Crippen LogP contribution < -0.4 is 15.2 Å². The number of ether oxygens (including phenoxy) is 2. The fraction of sp³-hybridized carbons (Fsp3) is 0.250. The van der Waals surface area contributed by atoms with Crippen LogP contribution in [-0.2, 0) is 6.61 Å². The first-order chi connectivity index (χ1) is 9.11. The van der Waals surface area contributed by atoms with Crippen molar-refractivity contribution in [2.24, 2.45) is 0 Å². The molecule has 0 aliphatic heterocycles. The third-order valence-corrected chi connectivity index (χ3v) is 3.14. The fourth-order valence-corrected chi connectivity index (χ4v) is 1.98. The highest BCUT2D eigenvalue weighted by Gasteiger charge is 2.06. The van der Waals surface area contributed by atoms with Gasteiger partial charge in [0.25, 0.3) is 0 Å². The Morgan fingerprint density at radius 1 is 1.00 bits per heavy atom. The highest BCUT2D eigenvalue weighted by Crippen LogP contribution is 2.26. The van der Waals surface area contributed by atoms with E-state index in [9.17, 15) is 0 Å². The molecule has 0 amide bonds. The summed E-state index contributed by atoms with van der Waals surface area (Å²) < 4.78 is 11.1. The summed E-state index contributed by atoms with van der Waals surface area (Å²) in [7, 11) is 1.66. The summed E-state index contributed by atoms with van der Waals surface area (Å²) in [5.74, 6) is 1.65. The average molecular weight is 257 g/mol. The maximum absolute atomic E-state index is 5.91. The van der Waals surface area contributed by atoms with Crippen LogP contribution in [0.4, 0.5) is 5.69 Å². The quantitative estimate of drug-likeness (QED) is 0.853. The third kappa shape index (κ3) is 2.99. The second-order valence-corrected chi connectivity index (χ2v) is 4.57. The van der Waals surface area contributed by atoms with Crippen LogP contribution in [0, 0.1) is 13.8 Å². The van der Waals surface area contributed by atoms with Crippen molar-refractivity contribution in [2.45, 2.75) is 20.5 Å². The molecular formula is C16H19NO2. The van der Waals surface area contributed by atoms with Gasteiger partial charge in [-0.25, -0.2) is 0 Å². The van der Waals surface area contributed by atoms with Crippen molar-refractivity contribution in [1.29, 1.82) is 0 Å². The van der Waals surface area contributed by atoms with Crippen molar-refractivity contribution in [3.63, 3.8) is 0 Å². The van der Waals surface area contributed by atoms with Crippen molar-refractivity contribution >= 4 is 5.69 Å². The zero-order chi connectivity index (χ0) is 13.8. The molecule has 0 atom stereocenters. The van der Waals surface area contributed by atoms with E-state index in [4.69, 9.17) is 15.2 Å². The molecule has 0 bridgehead atoms. The Balaban J connectivity index is 2.17. The molecule has 2 N–H and O–H groups in total. The molecule has 0 heterocycles. The van der Waals surface area contributed by atoms with Crippen molar-refractivity contribution in [3.05, 3.63) is 53.1 Å². The minimum absolute atomic E-state index is 0.466. The Labute approximate surface area is 114 Å². The summed E-state index contributed by atoms with van der Waals surface area (Å²) in [5, 5.41) is 0. The maximum Gasteiger partial charge on any atom is 0.125 e. The fourth-order valence-electron chi connectivity index (χ4n) is 1.98. The number of aryl methyl sites for hydroxylation is 2. The highest BCUT2D eigenvalue weighted by molar-refractivity contribution is 5.54. The molecule has 0 saturated heterocycles. The summed E-state index contributed by atoms with van der Waals surface area (Å²) in [6.07, 6.45) is 0. The van der Waals surface area contributed by atoms with Gasteiger partial charge in [-0.1, -0.05) is 24.3 Å². The van der Waals surface area contributed by atoms with Gasteiger partial charge in [0, 0.05) is 17.3 Å². The molecule has 100 valence electrons. The predicted molar refractivity (Wildman–Crippen MR) is 77.7 cm³/mol. The Hall–Kier alpha value is -2.16. The van der Waals surface area contributed by atoms with E-state index in [1.807, 2.05) is 50.2 Å². The molecule has 0 aromatic heterocycles. The van der Waals surface area contributed by atoms with Crippen LogP contribution in [0.25, 0.3) is 0 Å². The molecule has 2 aromatic rings. The summed E-state index contributed by atoms with van der Waals surface area (Å²) in [5.41, 5.74) is 9.83. The molecule has 2 aromatic carbocycles. The van der Waals surface area contributed by atoms with Gasteiger partial charge in [-0.05, 0) is 31.0 Å². The van der Waals surface area contributed by atoms with Crippen LogP contribution in [0.15, 0.2) is 36.4 Å². The van der Waals surface area contributed by atoms with E-state index in [0.717, 1.165) is 33.9 Å². The van der Waals surface area contributed by atoms with E-state index in [1.54, 1.807) is 7.11 Å². The van der Waals surface area contributed by atoms with Gasteiger partial charge in [0.15, 0.2) is 0 Å². The summed E-state index contributed by atoms with van der Waals surface area (Å²) in [6, 6.07) is 11.7. The van der Waals surface area contributed by atoms with Gasteiger partial charge in [-0.15, -0.1) is 0 Å². The molecule has 0 unspecified atom stereocenters. The molecule has 0 aliphatic rings. The molecular weight excluding hydrogens is 238 g/mol. The second kappa shape index (κ2) is 5.65. The lowest BCUT2D eigenvalue weighted by molar-refractivity contribution is 0.295. The lowest BCUT2D eigenvalue weighted by atomic mass is 10.1. The minimum Gasteiger partial charge on any atom is -0.496 e. The molecule has 3 nitrogen and oxygen atoms in total. The van der Waals surface area contributed by atoms with Crippen LogP contribution in [0.5, 0.6) is 11.5 Å². The zero-order valence-corrected chi connectivity index (χ0v) is 11.6. The number of hydrogen-bond acceptors (Lipinski definition) is 3. The predicted octanol–water partition coefficient (Wildman–Crippen LogP) is 3.47. The van der Waals surface area contributed by atoms with Crippen LogP contribution in [0.3, 0.4) is 0 Å².